The highest BCUT2D eigenvalue weighted by Crippen LogP contribution is 2.28. The molecule has 1 nitrogen and oxygen atoms in total. The van der Waals surface area contributed by atoms with Gasteiger partial charge < -0.3 is 5.73 Å². The van der Waals surface area contributed by atoms with Gasteiger partial charge in [0.2, 0.25) is 0 Å². The molecule has 0 radical (unpaired) electrons. The van der Waals surface area contributed by atoms with Crippen LogP contribution in [0.3, 0.4) is 0 Å². The number of nitrogen functional groups attached to an aromatic ring is 1. The van der Waals surface area contributed by atoms with Gasteiger partial charge in [-0.15, -0.1) is 23.5 Å². The molecule has 0 saturated carbocycles. The van der Waals surface area contributed by atoms with Crippen molar-refractivity contribution >= 4 is 29.2 Å². The smallest absolute Gasteiger partial charge is 0.0325 e. The molecule has 2 N–H and O–H groups in total. The van der Waals surface area contributed by atoms with Crippen LogP contribution in [0.25, 0.3) is 0 Å². The van der Waals surface area contributed by atoms with Crippen molar-refractivity contribution in [2.24, 2.45) is 0 Å². The second-order valence-electron chi connectivity index (χ2n) is 4.16. The molecule has 2 rings (SSSR count). The molecular weight excluding hydrogens is 258 g/mol. The van der Waals surface area contributed by atoms with Crippen molar-refractivity contribution < 1.29 is 0 Å². The van der Waals surface area contributed by atoms with Crippen molar-refractivity contribution in [2.45, 2.75) is 22.5 Å². The maximum atomic E-state index is 5.82. The Labute approximate surface area is 117 Å². The third-order valence-electron chi connectivity index (χ3n) is 2.77. The summed E-state index contributed by atoms with van der Waals surface area (Å²) in [4.78, 5) is 2.58. The van der Waals surface area contributed by atoms with Gasteiger partial charge in [-0.3, -0.25) is 0 Å². The van der Waals surface area contributed by atoms with Crippen LogP contribution in [0.2, 0.25) is 0 Å². The van der Waals surface area contributed by atoms with E-state index in [4.69, 9.17) is 5.73 Å². The van der Waals surface area contributed by atoms with Crippen LogP contribution in [0.15, 0.2) is 52.3 Å². The first-order valence-electron chi connectivity index (χ1n) is 5.81. The molecular formula is C15H17NS2. The number of nitrogens with two attached hydrogens (primary N) is 1. The van der Waals surface area contributed by atoms with Crippen molar-refractivity contribution in [1.82, 2.24) is 0 Å². The molecule has 0 aliphatic heterocycles. The molecule has 0 fully saturated rings. The maximum Gasteiger partial charge on any atom is 0.0325 e. The van der Waals surface area contributed by atoms with Gasteiger partial charge in [0.15, 0.2) is 0 Å². The summed E-state index contributed by atoms with van der Waals surface area (Å²) in [6, 6.07) is 14.8. The highest BCUT2D eigenvalue weighted by atomic mass is 32.2. The molecule has 2 aromatic carbocycles. The first kappa shape index (κ1) is 13.4. The van der Waals surface area contributed by atoms with Crippen molar-refractivity contribution in [3.8, 4) is 0 Å². The Balaban J connectivity index is 2.04. The first-order chi connectivity index (χ1) is 8.69. The van der Waals surface area contributed by atoms with Crippen LogP contribution >= 0.6 is 23.5 Å². The lowest BCUT2D eigenvalue weighted by atomic mass is 10.2. The maximum absolute atomic E-state index is 5.82. The van der Waals surface area contributed by atoms with Crippen LogP contribution in [0.4, 0.5) is 5.69 Å². The molecule has 0 aromatic heterocycles. The van der Waals surface area contributed by atoms with Gasteiger partial charge in [-0.1, -0.05) is 18.2 Å². The standard InChI is InChI=1S/C15H17NS2/c1-11-3-6-13(16)9-15(11)18-10-12-4-7-14(17-2)8-5-12/h3-9H,10,16H2,1-2H3. The Hall–Kier alpha value is -1.06. The summed E-state index contributed by atoms with van der Waals surface area (Å²) < 4.78 is 0. The second-order valence-corrected chi connectivity index (χ2v) is 6.06. The fourth-order valence-electron chi connectivity index (χ4n) is 1.66. The zero-order valence-electron chi connectivity index (χ0n) is 10.6. The fraction of sp³-hybridized carbons (Fsp3) is 0.200. The fourth-order valence-corrected chi connectivity index (χ4v) is 3.09. The Morgan fingerprint density at radius 3 is 2.44 bits per heavy atom. The third kappa shape index (κ3) is 3.47. The average Bonchev–Trinajstić information content (AvgIpc) is 2.40. The Bertz CT molecular complexity index is 521. The molecule has 0 aliphatic carbocycles. The minimum atomic E-state index is 0.834. The summed E-state index contributed by atoms with van der Waals surface area (Å²) >= 11 is 3.61. The molecule has 3 heteroatoms. The monoisotopic (exact) mass is 275 g/mol. The van der Waals surface area contributed by atoms with Gasteiger partial charge in [0.25, 0.3) is 0 Å². The minimum Gasteiger partial charge on any atom is -0.399 e. The predicted molar refractivity (Wildman–Crippen MR) is 83.4 cm³/mol. The number of aryl methyl sites for hydroxylation is 1. The number of anilines is 1. The van der Waals surface area contributed by atoms with E-state index in [0.29, 0.717) is 0 Å². The number of benzene rings is 2. The average molecular weight is 275 g/mol. The van der Waals surface area contributed by atoms with E-state index in [1.165, 1.54) is 20.9 Å². The second kappa shape index (κ2) is 6.21. The molecule has 18 heavy (non-hydrogen) atoms. The van der Waals surface area contributed by atoms with E-state index >= 15 is 0 Å². The molecule has 0 bridgehead atoms. The van der Waals surface area contributed by atoms with E-state index in [-0.39, 0.29) is 0 Å². The number of hydrogen-bond donors (Lipinski definition) is 1. The molecule has 0 saturated heterocycles. The van der Waals surface area contributed by atoms with Crippen LogP contribution in [0, 0.1) is 6.92 Å². The molecule has 0 atom stereocenters. The van der Waals surface area contributed by atoms with Crippen molar-refractivity contribution in [1.29, 1.82) is 0 Å². The number of rotatable bonds is 4. The molecule has 94 valence electrons. The lowest BCUT2D eigenvalue weighted by Gasteiger charge is -2.07. The highest BCUT2D eigenvalue weighted by Gasteiger charge is 2.01. The minimum absolute atomic E-state index is 0.834. The van der Waals surface area contributed by atoms with Gasteiger partial charge in [-0.2, -0.15) is 0 Å². The number of hydrogen-bond acceptors (Lipinski definition) is 3. The van der Waals surface area contributed by atoms with Gasteiger partial charge in [-0.05, 0) is 48.6 Å². The van der Waals surface area contributed by atoms with E-state index in [0.717, 1.165) is 11.4 Å². The zero-order valence-corrected chi connectivity index (χ0v) is 12.3. The van der Waals surface area contributed by atoms with E-state index < -0.39 is 0 Å². The molecule has 0 spiro atoms. The van der Waals surface area contributed by atoms with Crippen LogP contribution in [-0.4, -0.2) is 6.26 Å². The molecule has 0 amide bonds. The van der Waals surface area contributed by atoms with Crippen LogP contribution in [0.5, 0.6) is 0 Å². The van der Waals surface area contributed by atoms with E-state index in [2.05, 4.69) is 49.6 Å². The summed E-state index contributed by atoms with van der Waals surface area (Å²) in [7, 11) is 0. The lowest BCUT2D eigenvalue weighted by Crippen LogP contribution is -1.88. The number of thioether (sulfide) groups is 2. The van der Waals surface area contributed by atoms with Crippen LogP contribution in [-0.2, 0) is 5.75 Å². The Kier molecular flexibility index (Phi) is 4.61. The van der Waals surface area contributed by atoms with Crippen molar-refractivity contribution in [3.05, 3.63) is 53.6 Å². The summed E-state index contributed by atoms with van der Waals surface area (Å²) in [5.41, 5.74) is 9.29. The largest absolute Gasteiger partial charge is 0.399 e. The van der Waals surface area contributed by atoms with Crippen LogP contribution in [0.1, 0.15) is 11.1 Å². The lowest BCUT2D eigenvalue weighted by molar-refractivity contribution is 1.28. The van der Waals surface area contributed by atoms with Crippen LogP contribution < -0.4 is 5.73 Å². The summed E-state index contributed by atoms with van der Waals surface area (Å²) in [5, 5.41) is 0. The highest BCUT2D eigenvalue weighted by molar-refractivity contribution is 7.98. The Morgan fingerprint density at radius 2 is 1.78 bits per heavy atom. The van der Waals surface area contributed by atoms with E-state index in [9.17, 15) is 0 Å². The molecule has 0 unspecified atom stereocenters. The summed E-state index contributed by atoms with van der Waals surface area (Å²) in [6.07, 6.45) is 2.10. The topological polar surface area (TPSA) is 26.0 Å². The van der Waals surface area contributed by atoms with Gasteiger partial charge in [0.05, 0.1) is 0 Å². The quantitative estimate of drug-likeness (QED) is 0.653. The van der Waals surface area contributed by atoms with Gasteiger partial charge in [-0.25, -0.2) is 0 Å². The predicted octanol–water partition coefficient (Wildman–Crippen LogP) is 4.59. The van der Waals surface area contributed by atoms with Crippen molar-refractivity contribution in [2.75, 3.05) is 12.0 Å². The molecule has 2 aromatic rings. The summed E-state index contributed by atoms with van der Waals surface area (Å²) in [6.45, 7) is 2.12. The molecule has 0 heterocycles. The van der Waals surface area contributed by atoms with Gasteiger partial charge >= 0.3 is 0 Å². The van der Waals surface area contributed by atoms with E-state index in [1.54, 1.807) is 11.8 Å². The van der Waals surface area contributed by atoms with E-state index in [1.807, 2.05) is 17.8 Å². The van der Waals surface area contributed by atoms with Gasteiger partial charge in [0.1, 0.15) is 0 Å². The zero-order chi connectivity index (χ0) is 13.0. The van der Waals surface area contributed by atoms with Crippen molar-refractivity contribution in [3.63, 3.8) is 0 Å². The Morgan fingerprint density at radius 1 is 1.06 bits per heavy atom. The third-order valence-corrected chi connectivity index (χ3v) is 4.74. The summed E-state index contributed by atoms with van der Waals surface area (Å²) in [5.74, 6) is 0.985. The van der Waals surface area contributed by atoms with Gasteiger partial charge in [0, 0.05) is 21.2 Å². The normalized spacial score (nSPS) is 10.6. The first-order valence-corrected chi connectivity index (χ1v) is 8.02. The SMILES string of the molecule is CSc1ccc(CSc2cc(N)ccc2C)cc1. The molecule has 0 aliphatic rings.